The van der Waals surface area contributed by atoms with Crippen LogP contribution in [0.15, 0.2) is 66.7 Å². The van der Waals surface area contributed by atoms with Gasteiger partial charge in [-0.05, 0) is 48.7 Å². The summed E-state index contributed by atoms with van der Waals surface area (Å²) in [7, 11) is -1.90. The van der Waals surface area contributed by atoms with Gasteiger partial charge >= 0.3 is 0 Å². The van der Waals surface area contributed by atoms with E-state index in [-0.39, 0.29) is 12.5 Å². The van der Waals surface area contributed by atoms with E-state index >= 15 is 0 Å². The van der Waals surface area contributed by atoms with Gasteiger partial charge in [-0.15, -0.1) is 0 Å². The zero-order valence-electron chi connectivity index (χ0n) is 18.8. The maximum Gasteiger partial charge on any atom is 0.251 e. The molecule has 0 heterocycles. The number of aryl methyl sites for hydroxylation is 2. The molecule has 0 saturated heterocycles. The number of carbonyl (C=O) groups excluding carboxylic acids is 1. The normalized spacial score (nSPS) is 11.1. The van der Waals surface area contributed by atoms with Crippen LogP contribution in [0.25, 0.3) is 0 Å². The molecule has 0 unspecified atom stereocenters. The fraction of sp³-hybridized carbons (Fsp3) is 0.240. The van der Waals surface area contributed by atoms with Crippen molar-refractivity contribution in [2.75, 3.05) is 17.7 Å². The first-order chi connectivity index (χ1) is 15.2. The highest BCUT2D eigenvalue weighted by Gasteiger charge is 2.21. The smallest absolute Gasteiger partial charge is 0.251 e. The van der Waals surface area contributed by atoms with E-state index in [1.165, 1.54) is 10.6 Å². The average molecular weight is 453 g/mol. The molecule has 0 atom stereocenters. The summed E-state index contributed by atoms with van der Waals surface area (Å²) >= 11 is 0. The molecule has 1 amide bonds. The third-order valence-electron chi connectivity index (χ3n) is 5.26. The lowest BCUT2D eigenvalue weighted by Crippen LogP contribution is -2.30. The van der Waals surface area contributed by atoms with Gasteiger partial charge in [0.1, 0.15) is 5.75 Å². The summed E-state index contributed by atoms with van der Waals surface area (Å²) in [6.07, 6.45) is 1.21. The van der Waals surface area contributed by atoms with Gasteiger partial charge in [0, 0.05) is 17.7 Å². The lowest BCUT2D eigenvalue weighted by molar-refractivity contribution is 0.0950. The van der Waals surface area contributed by atoms with E-state index in [0.29, 0.717) is 17.8 Å². The molecule has 32 heavy (non-hydrogen) atoms. The Kier molecular flexibility index (Phi) is 7.20. The number of rotatable bonds is 8. The zero-order valence-corrected chi connectivity index (χ0v) is 19.6. The molecule has 3 aromatic rings. The van der Waals surface area contributed by atoms with Gasteiger partial charge in [0.15, 0.2) is 0 Å². The number of hydrogen-bond acceptors (Lipinski definition) is 4. The molecule has 0 aliphatic carbocycles. The molecule has 7 heteroatoms. The molecule has 0 aromatic heterocycles. The largest absolute Gasteiger partial charge is 0.496 e. The maximum atomic E-state index is 12.6. The lowest BCUT2D eigenvalue weighted by atomic mass is 10.1. The average Bonchev–Trinajstić information content (AvgIpc) is 2.76. The summed E-state index contributed by atoms with van der Waals surface area (Å²) in [5, 5.41) is 2.89. The number of para-hydroxylation sites is 2. The first kappa shape index (κ1) is 23.3. The minimum atomic E-state index is -3.49. The number of benzene rings is 3. The second-order valence-electron chi connectivity index (χ2n) is 7.70. The van der Waals surface area contributed by atoms with Crippen molar-refractivity contribution in [2.24, 2.45) is 0 Å². The third-order valence-corrected chi connectivity index (χ3v) is 6.38. The van der Waals surface area contributed by atoms with E-state index in [9.17, 15) is 13.2 Å². The van der Waals surface area contributed by atoms with Gasteiger partial charge in [-0.1, -0.05) is 48.5 Å². The monoisotopic (exact) mass is 452 g/mol. The van der Waals surface area contributed by atoms with Crippen LogP contribution in [0.5, 0.6) is 5.75 Å². The van der Waals surface area contributed by atoms with Gasteiger partial charge < -0.3 is 10.1 Å². The van der Waals surface area contributed by atoms with Crippen molar-refractivity contribution in [1.29, 1.82) is 0 Å². The highest BCUT2D eigenvalue weighted by molar-refractivity contribution is 7.92. The second-order valence-corrected chi connectivity index (χ2v) is 9.61. The molecule has 0 radical (unpaired) electrons. The number of ether oxygens (including phenoxy) is 1. The van der Waals surface area contributed by atoms with Crippen LogP contribution in [0.3, 0.4) is 0 Å². The first-order valence-corrected chi connectivity index (χ1v) is 12.1. The number of anilines is 1. The Morgan fingerprint density at radius 1 is 0.938 bits per heavy atom. The van der Waals surface area contributed by atoms with E-state index in [1.807, 2.05) is 56.3 Å². The first-order valence-electron chi connectivity index (χ1n) is 10.2. The van der Waals surface area contributed by atoms with Crippen LogP contribution in [-0.4, -0.2) is 27.7 Å². The van der Waals surface area contributed by atoms with E-state index in [1.54, 1.807) is 31.4 Å². The van der Waals surface area contributed by atoms with Gasteiger partial charge in [-0.25, -0.2) is 8.42 Å². The molecule has 0 fully saturated rings. The van der Waals surface area contributed by atoms with Crippen LogP contribution in [-0.2, 0) is 23.1 Å². The summed E-state index contributed by atoms with van der Waals surface area (Å²) < 4.78 is 31.8. The topological polar surface area (TPSA) is 75.7 Å². The van der Waals surface area contributed by atoms with Crippen LogP contribution >= 0.6 is 0 Å². The Bertz CT molecular complexity index is 1180. The summed E-state index contributed by atoms with van der Waals surface area (Å²) in [5.41, 5.74) is 4.65. The van der Waals surface area contributed by atoms with Crippen LogP contribution in [0.1, 0.15) is 32.6 Å². The molecule has 0 aliphatic rings. The van der Waals surface area contributed by atoms with Crippen molar-refractivity contribution in [1.82, 2.24) is 5.32 Å². The van der Waals surface area contributed by atoms with Gasteiger partial charge in [-0.3, -0.25) is 9.10 Å². The number of sulfonamides is 1. The Labute approximate surface area is 189 Å². The molecule has 1 N–H and O–H groups in total. The summed E-state index contributed by atoms with van der Waals surface area (Å²) in [5.74, 6) is 0.507. The quantitative estimate of drug-likeness (QED) is 0.556. The minimum absolute atomic E-state index is 0.188. The van der Waals surface area contributed by atoms with Crippen molar-refractivity contribution >= 4 is 21.6 Å². The Morgan fingerprint density at radius 2 is 1.56 bits per heavy atom. The lowest BCUT2D eigenvalue weighted by Gasteiger charge is -2.26. The number of nitrogens with zero attached hydrogens (tertiary/aromatic N) is 1. The number of nitrogens with one attached hydrogen (secondary N) is 1. The number of methoxy groups -OCH3 is 1. The number of carbonyl (C=O) groups is 1. The third kappa shape index (κ3) is 5.48. The highest BCUT2D eigenvalue weighted by atomic mass is 32.2. The van der Waals surface area contributed by atoms with Crippen molar-refractivity contribution in [3.8, 4) is 5.75 Å². The maximum absolute atomic E-state index is 12.6. The number of amides is 1. The van der Waals surface area contributed by atoms with E-state index in [2.05, 4.69) is 5.32 Å². The van der Waals surface area contributed by atoms with Crippen molar-refractivity contribution in [2.45, 2.75) is 26.9 Å². The molecule has 168 valence electrons. The molecule has 3 rings (SSSR count). The summed E-state index contributed by atoms with van der Waals surface area (Å²) in [4.78, 5) is 12.6. The Morgan fingerprint density at radius 3 is 2.16 bits per heavy atom. The van der Waals surface area contributed by atoms with Crippen LogP contribution in [0.4, 0.5) is 5.69 Å². The van der Waals surface area contributed by atoms with Gasteiger partial charge in [0.2, 0.25) is 10.0 Å². The molecule has 3 aromatic carbocycles. The molecule has 0 bridgehead atoms. The number of hydrogen-bond donors (Lipinski definition) is 1. The van der Waals surface area contributed by atoms with Crippen molar-refractivity contribution in [3.05, 3.63) is 94.5 Å². The summed E-state index contributed by atoms with van der Waals surface area (Å²) in [6, 6.07) is 20.2. The zero-order chi connectivity index (χ0) is 23.3. The van der Waals surface area contributed by atoms with Crippen molar-refractivity contribution in [3.63, 3.8) is 0 Å². The molecule has 0 aliphatic heterocycles. The van der Waals surface area contributed by atoms with E-state index in [0.717, 1.165) is 28.0 Å². The Hall–Kier alpha value is -3.32. The second kappa shape index (κ2) is 9.87. The molecular formula is C25H28N2O4S. The SMILES string of the molecule is COc1ccccc1CNC(=O)c1ccc(CN(c2c(C)cccc2C)S(C)(=O)=O)cc1. The summed E-state index contributed by atoms with van der Waals surface area (Å²) in [6.45, 7) is 4.33. The molecule has 0 spiro atoms. The fourth-order valence-electron chi connectivity index (χ4n) is 3.62. The van der Waals surface area contributed by atoms with E-state index in [4.69, 9.17) is 4.74 Å². The van der Waals surface area contributed by atoms with E-state index < -0.39 is 10.0 Å². The van der Waals surface area contributed by atoms with Gasteiger partial charge in [0.25, 0.3) is 5.91 Å². The standard InChI is InChI=1S/C25H28N2O4S/c1-18-8-7-9-19(2)24(18)27(32(4,29)30)17-20-12-14-21(15-13-20)25(28)26-16-22-10-5-6-11-23(22)31-3/h5-15H,16-17H2,1-4H3,(H,26,28). The highest BCUT2D eigenvalue weighted by Crippen LogP contribution is 2.28. The molecular weight excluding hydrogens is 424 g/mol. The predicted molar refractivity (Wildman–Crippen MR) is 128 cm³/mol. The van der Waals surface area contributed by atoms with Gasteiger partial charge in [0.05, 0.1) is 25.6 Å². The van der Waals surface area contributed by atoms with Crippen LogP contribution < -0.4 is 14.4 Å². The Balaban J connectivity index is 1.75. The van der Waals surface area contributed by atoms with Crippen molar-refractivity contribution < 1.29 is 17.9 Å². The van der Waals surface area contributed by atoms with Crippen LogP contribution in [0.2, 0.25) is 0 Å². The van der Waals surface area contributed by atoms with Crippen LogP contribution in [0, 0.1) is 13.8 Å². The molecule has 0 saturated carbocycles. The predicted octanol–water partition coefficient (Wildman–Crippen LogP) is 4.21. The molecule has 6 nitrogen and oxygen atoms in total. The fourth-order valence-corrected chi connectivity index (χ4v) is 4.62. The van der Waals surface area contributed by atoms with Gasteiger partial charge in [-0.2, -0.15) is 0 Å². The minimum Gasteiger partial charge on any atom is -0.496 e.